The molecule has 0 radical (unpaired) electrons. The molecule has 1 fully saturated rings. The fourth-order valence-corrected chi connectivity index (χ4v) is 2.25. The summed E-state index contributed by atoms with van der Waals surface area (Å²) in [5.74, 6) is -0.803. The fourth-order valence-electron chi connectivity index (χ4n) is 2.25. The summed E-state index contributed by atoms with van der Waals surface area (Å²) in [6.07, 6.45) is 1.08. The van der Waals surface area contributed by atoms with Crippen molar-refractivity contribution in [3.8, 4) is 0 Å². The summed E-state index contributed by atoms with van der Waals surface area (Å²) in [5, 5.41) is 0. The Morgan fingerprint density at radius 1 is 1.29 bits per heavy atom. The van der Waals surface area contributed by atoms with E-state index in [2.05, 4.69) is 4.98 Å². The molecule has 1 aliphatic rings. The summed E-state index contributed by atoms with van der Waals surface area (Å²) in [6, 6.07) is -0.973. The Morgan fingerprint density at radius 3 is 2.48 bits per heavy atom. The molecular formula is C13H17N3O5. The van der Waals surface area contributed by atoms with Crippen LogP contribution in [-0.2, 0) is 9.53 Å². The highest BCUT2D eigenvalue weighted by Crippen LogP contribution is 2.08. The third-order valence-corrected chi connectivity index (χ3v) is 3.45. The summed E-state index contributed by atoms with van der Waals surface area (Å²) in [6.45, 7) is 4.39. The Morgan fingerprint density at radius 2 is 1.90 bits per heavy atom. The topological polar surface area (TPSA) is 101 Å². The number of hydrogen-bond donors (Lipinski definition) is 1. The van der Waals surface area contributed by atoms with Crippen LogP contribution in [-0.4, -0.2) is 52.4 Å². The van der Waals surface area contributed by atoms with E-state index in [-0.39, 0.29) is 11.5 Å². The molecule has 1 atom stereocenters. The maximum absolute atomic E-state index is 12.4. The summed E-state index contributed by atoms with van der Waals surface area (Å²) in [7, 11) is 0. The predicted molar refractivity (Wildman–Crippen MR) is 73.4 cm³/mol. The van der Waals surface area contributed by atoms with Gasteiger partial charge in [-0.15, -0.1) is 0 Å². The van der Waals surface area contributed by atoms with Gasteiger partial charge in [0.05, 0.1) is 18.8 Å². The average Bonchev–Trinajstić information content (AvgIpc) is 2.46. The molecule has 114 valence electrons. The van der Waals surface area contributed by atoms with Crippen LogP contribution in [0.5, 0.6) is 0 Å². The van der Waals surface area contributed by atoms with Gasteiger partial charge in [0.2, 0.25) is 5.91 Å². The highest BCUT2D eigenvalue weighted by molar-refractivity contribution is 5.93. The molecule has 0 saturated carbocycles. The Kier molecular flexibility index (Phi) is 4.37. The molecule has 0 aromatic carbocycles. The summed E-state index contributed by atoms with van der Waals surface area (Å²) in [5.41, 5.74) is -1.60. The Balaban J connectivity index is 2.38. The summed E-state index contributed by atoms with van der Waals surface area (Å²) >= 11 is 0. The number of ether oxygens (including phenoxy) is 1. The average molecular weight is 295 g/mol. The number of Topliss-reactive ketones (excluding diaryl/α,β-unsaturated/α-hetero) is 1. The fraction of sp³-hybridized carbons (Fsp3) is 0.538. The van der Waals surface area contributed by atoms with Crippen LogP contribution in [0.15, 0.2) is 15.8 Å². The second-order valence-electron chi connectivity index (χ2n) is 4.85. The molecule has 0 bridgehead atoms. The second-order valence-corrected chi connectivity index (χ2v) is 4.85. The first-order chi connectivity index (χ1) is 9.93. The van der Waals surface area contributed by atoms with E-state index in [0.29, 0.717) is 26.3 Å². The van der Waals surface area contributed by atoms with Gasteiger partial charge in [-0.2, -0.15) is 0 Å². The monoisotopic (exact) mass is 295 g/mol. The van der Waals surface area contributed by atoms with E-state index in [9.17, 15) is 19.2 Å². The van der Waals surface area contributed by atoms with Crippen LogP contribution >= 0.6 is 0 Å². The van der Waals surface area contributed by atoms with Crippen molar-refractivity contribution in [1.29, 1.82) is 0 Å². The van der Waals surface area contributed by atoms with Crippen molar-refractivity contribution < 1.29 is 14.3 Å². The van der Waals surface area contributed by atoms with Crippen molar-refractivity contribution in [2.75, 3.05) is 26.3 Å². The smallest absolute Gasteiger partial charge is 0.329 e. The molecular weight excluding hydrogens is 278 g/mol. The van der Waals surface area contributed by atoms with Crippen molar-refractivity contribution >= 4 is 11.7 Å². The van der Waals surface area contributed by atoms with Crippen molar-refractivity contribution in [1.82, 2.24) is 14.5 Å². The first kappa shape index (κ1) is 15.2. The molecule has 1 aliphatic heterocycles. The molecule has 0 aliphatic carbocycles. The van der Waals surface area contributed by atoms with Gasteiger partial charge in [0.1, 0.15) is 6.04 Å². The minimum absolute atomic E-state index is 0.142. The highest BCUT2D eigenvalue weighted by atomic mass is 16.5. The number of morpholine rings is 1. The SMILES string of the molecule is CC(=O)c1c[nH]c(=O)n(C(C)C(=O)N2CCOCC2)c1=O. The van der Waals surface area contributed by atoms with Gasteiger partial charge in [-0.3, -0.25) is 14.4 Å². The first-order valence-electron chi connectivity index (χ1n) is 6.65. The molecule has 1 aromatic rings. The van der Waals surface area contributed by atoms with Gasteiger partial charge in [-0.25, -0.2) is 9.36 Å². The lowest BCUT2D eigenvalue weighted by Gasteiger charge is -2.29. The Hall–Kier alpha value is -2.22. The number of nitrogens with zero attached hydrogens (tertiary/aromatic N) is 2. The number of nitrogens with one attached hydrogen (secondary N) is 1. The lowest BCUT2D eigenvalue weighted by Crippen LogP contribution is -2.48. The number of ketones is 1. The second kappa shape index (κ2) is 6.04. The largest absolute Gasteiger partial charge is 0.378 e. The van der Waals surface area contributed by atoms with Crippen LogP contribution in [0, 0.1) is 0 Å². The molecule has 8 nitrogen and oxygen atoms in total. The zero-order chi connectivity index (χ0) is 15.6. The molecule has 8 heteroatoms. The first-order valence-corrected chi connectivity index (χ1v) is 6.65. The standard InChI is InChI=1S/C13H17N3O5/c1-8(11(18)15-3-5-21-6-4-15)16-12(19)10(9(2)17)7-14-13(16)20/h7-8H,3-6H2,1-2H3,(H,14,20). The van der Waals surface area contributed by atoms with Crippen LogP contribution in [0.1, 0.15) is 30.2 Å². The molecule has 1 amide bonds. The van der Waals surface area contributed by atoms with E-state index in [4.69, 9.17) is 4.74 Å². The van der Waals surface area contributed by atoms with Crippen LogP contribution in [0.3, 0.4) is 0 Å². The quantitative estimate of drug-likeness (QED) is 0.733. The predicted octanol–water partition coefficient (Wildman–Crippen LogP) is -0.841. The third kappa shape index (κ3) is 2.94. The lowest BCUT2D eigenvalue weighted by molar-refractivity contribution is -0.138. The molecule has 21 heavy (non-hydrogen) atoms. The normalized spacial score (nSPS) is 16.6. The maximum atomic E-state index is 12.4. The lowest BCUT2D eigenvalue weighted by atomic mass is 10.2. The van der Waals surface area contributed by atoms with Crippen molar-refractivity contribution in [2.24, 2.45) is 0 Å². The number of aromatic nitrogens is 2. The Bertz CT molecular complexity index is 669. The minimum atomic E-state index is -0.973. The number of carbonyl (C=O) groups is 2. The molecule has 1 N–H and O–H groups in total. The number of rotatable bonds is 3. The van der Waals surface area contributed by atoms with Crippen molar-refractivity contribution in [3.05, 3.63) is 32.6 Å². The maximum Gasteiger partial charge on any atom is 0.329 e. The zero-order valence-corrected chi connectivity index (χ0v) is 11.9. The summed E-state index contributed by atoms with van der Waals surface area (Å²) < 4.78 is 5.94. The Labute approximate surface area is 120 Å². The van der Waals surface area contributed by atoms with E-state index in [1.165, 1.54) is 13.8 Å². The number of H-pyrrole nitrogens is 1. The van der Waals surface area contributed by atoms with Gasteiger partial charge in [0, 0.05) is 19.3 Å². The van der Waals surface area contributed by atoms with Crippen molar-refractivity contribution in [2.45, 2.75) is 19.9 Å². The summed E-state index contributed by atoms with van der Waals surface area (Å²) in [4.78, 5) is 51.6. The van der Waals surface area contributed by atoms with Gasteiger partial charge in [-0.05, 0) is 13.8 Å². The van der Waals surface area contributed by atoms with Crippen molar-refractivity contribution in [3.63, 3.8) is 0 Å². The van der Waals surface area contributed by atoms with E-state index in [1.54, 1.807) is 4.90 Å². The van der Waals surface area contributed by atoms with Gasteiger partial charge >= 0.3 is 5.69 Å². The van der Waals surface area contributed by atoms with Crippen LogP contribution in [0.2, 0.25) is 0 Å². The van der Waals surface area contributed by atoms with Gasteiger partial charge in [0.15, 0.2) is 5.78 Å². The van der Waals surface area contributed by atoms with E-state index < -0.39 is 23.1 Å². The molecule has 1 unspecified atom stereocenters. The molecule has 1 saturated heterocycles. The molecule has 1 aromatic heterocycles. The third-order valence-electron chi connectivity index (χ3n) is 3.45. The number of aromatic amines is 1. The van der Waals surface area contributed by atoms with E-state index in [0.717, 1.165) is 10.8 Å². The molecule has 2 heterocycles. The molecule has 2 rings (SSSR count). The number of carbonyl (C=O) groups excluding carboxylic acids is 2. The van der Waals surface area contributed by atoms with Gasteiger partial charge in [0.25, 0.3) is 5.56 Å². The van der Waals surface area contributed by atoms with E-state index >= 15 is 0 Å². The van der Waals surface area contributed by atoms with E-state index in [1.807, 2.05) is 0 Å². The highest BCUT2D eigenvalue weighted by Gasteiger charge is 2.26. The van der Waals surface area contributed by atoms with Crippen LogP contribution in [0.25, 0.3) is 0 Å². The van der Waals surface area contributed by atoms with Gasteiger partial charge < -0.3 is 14.6 Å². The van der Waals surface area contributed by atoms with Crippen LogP contribution in [0.4, 0.5) is 0 Å². The zero-order valence-electron chi connectivity index (χ0n) is 11.9. The number of amides is 1. The van der Waals surface area contributed by atoms with Crippen LogP contribution < -0.4 is 11.2 Å². The number of hydrogen-bond acceptors (Lipinski definition) is 5. The molecule has 0 spiro atoms. The minimum Gasteiger partial charge on any atom is -0.378 e. The van der Waals surface area contributed by atoms with Gasteiger partial charge in [-0.1, -0.05) is 0 Å².